The second-order valence-corrected chi connectivity index (χ2v) is 14.1. The molecular formula is C35H42F3N7S. The molecule has 2 aliphatic rings. The number of piperidine rings is 2. The number of rotatable bonds is 9. The Morgan fingerprint density at radius 2 is 1.83 bits per heavy atom. The highest BCUT2D eigenvalue weighted by atomic mass is 32.1. The van der Waals surface area contributed by atoms with Crippen LogP contribution in [0.2, 0.25) is 0 Å². The monoisotopic (exact) mass is 649 g/mol. The van der Waals surface area contributed by atoms with E-state index >= 15 is 0 Å². The first-order valence-corrected chi connectivity index (χ1v) is 17.0. The van der Waals surface area contributed by atoms with Gasteiger partial charge in [-0.15, -0.1) is 17.9 Å². The van der Waals surface area contributed by atoms with Crippen molar-refractivity contribution in [1.82, 2.24) is 24.3 Å². The number of anilines is 1. The first-order valence-electron chi connectivity index (χ1n) is 16.2. The molecule has 46 heavy (non-hydrogen) atoms. The van der Waals surface area contributed by atoms with Crippen molar-refractivity contribution in [3.05, 3.63) is 64.4 Å². The topological polar surface area (TPSA) is 73.0 Å². The maximum atomic E-state index is 13.0. The average molecular weight is 650 g/mol. The minimum atomic E-state index is -4.25. The van der Waals surface area contributed by atoms with Crippen LogP contribution in [0, 0.1) is 31.1 Å². The van der Waals surface area contributed by atoms with Crippen molar-refractivity contribution in [1.29, 1.82) is 5.26 Å². The Balaban J connectivity index is 1.10. The molecule has 6 rings (SSSR count). The van der Waals surface area contributed by atoms with Gasteiger partial charge in [-0.25, -0.2) is 9.97 Å². The van der Waals surface area contributed by atoms with Crippen LogP contribution in [0.5, 0.6) is 0 Å². The third-order valence-corrected chi connectivity index (χ3v) is 10.8. The smallest absolute Gasteiger partial charge is 0.367 e. The summed E-state index contributed by atoms with van der Waals surface area (Å²) in [6, 6.07) is 11.0. The molecule has 2 saturated heterocycles. The van der Waals surface area contributed by atoms with E-state index in [4.69, 9.17) is 0 Å². The number of thiophene rings is 1. The Kier molecular flexibility index (Phi) is 9.42. The quantitative estimate of drug-likeness (QED) is 0.188. The lowest BCUT2D eigenvalue weighted by Gasteiger charge is -2.35. The van der Waals surface area contributed by atoms with Gasteiger partial charge in [0.1, 0.15) is 28.2 Å². The number of halogens is 3. The molecule has 4 aromatic rings. The molecule has 0 aliphatic carbocycles. The van der Waals surface area contributed by atoms with Crippen molar-refractivity contribution in [3.63, 3.8) is 0 Å². The molecule has 1 aromatic carbocycles. The second kappa shape index (κ2) is 13.3. The van der Waals surface area contributed by atoms with E-state index in [-0.39, 0.29) is 10.9 Å². The number of benzene rings is 1. The molecule has 0 radical (unpaired) electrons. The Bertz CT molecular complexity index is 1750. The van der Waals surface area contributed by atoms with Gasteiger partial charge in [0.15, 0.2) is 0 Å². The van der Waals surface area contributed by atoms with E-state index in [1.54, 1.807) is 13.0 Å². The molecule has 5 heterocycles. The number of alkyl halides is 3. The predicted molar refractivity (Wildman–Crippen MR) is 179 cm³/mol. The highest BCUT2D eigenvalue weighted by Crippen LogP contribution is 2.34. The van der Waals surface area contributed by atoms with Crippen LogP contribution in [0.25, 0.3) is 21.1 Å². The van der Waals surface area contributed by atoms with Crippen LogP contribution in [0.3, 0.4) is 0 Å². The van der Waals surface area contributed by atoms with Crippen LogP contribution in [0.4, 0.5) is 19.0 Å². The van der Waals surface area contributed by atoms with Crippen LogP contribution >= 0.6 is 11.3 Å². The zero-order valence-electron chi connectivity index (χ0n) is 26.8. The van der Waals surface area contributed by atoms with Crippen molar-refractivity contribution in [2.24, 2.45) is 5.92 Å². The summed E-state index contributed by atoms with van der Waals surface area (Å²) < 4.78 is 41.2. The number of hydrogen-bond acceptors (Lipinski definition) is 7. The van der Waals surface area contributed by atoms with E-state index in [1.165, 1.54) is 11.1 Å². The summed E-state index contributed by atoms with van der Waals surface area (Å²) in [6.45, 7) is 15.7. The average Bonchev–Trinajstić information content (AvgIpc) is 3.59. The van der Waals surface area contributed by atoms with Gasteiger partial charge in [-0.05, 0) is 94.8 Å². The van der Waals surface area contributed by atoms with E-state index in [9.17, 15) is 18.4 Å². The van der Waals surface area contributed by atoms with Gasteiger partial charge in [0.2, 0.25) is 0 Å². The summed E-state index contributed by atoms with van der Waals surface area (Å²) in [5, 5.41) is 15.4. The molecule has 3 aromatic heterocycles. The van der Waals surface area contributed by atoms with Gasteiger partial charge in [-0.1, -0.05) is 12.1 Å². The minimum Gasteiger partial charge on any atom is -0.367 e. The highest BCUT2D eigenvalue weighted by molar-refractivity contribution is 7.18. The van der Waals surface area contributed by atoms with Gasteiger partial charge in [0, 0.05) is 54.0 Å². The molecule has 11 heteroatoms. The van der Waals surface area contributed by atoms with E-state index in [2.05, 4.69) is 80.4 Å². The number of nitrogens with zero attached hydrogens (tertiary/aromatic N) is 6. The molecule has 7 nitrogen and oxygen atoms in total. The number of fused-ring (bicyclic) bond motifs is 2. The van der Waals surface area contributed by atoms with Crippen molar-refractivity contribution in [2.75, 3.05) is 31.5 Å². The molecule has 1 N–H and O–H groups in total. The van der Waals surface area contributed by atoms with E-state index in [0.29, 0.717) is 39.5 Å². The van der Waals surface area contributed by atoms with E-state index in [1.807, 2.05) is 0 Å². The van der Waals surface area contributed by atoms with Crippen LogP contribution in [0.15, 0.2) is 36.9 Å². The van der Waals surface area contributed by atoms with Gasteiger partial charge in [-0.2, -0.15) is 18.4 Å². The highest BCUT2D eigenvalue weighted by Gasteiger charge is 2.30. The summed E-state index contributed by atoms with van der Waals surface area (Å²) in [5.41, 5.74) is 4.31. The number of likely N-dealkylation sites (tertiary alicyclic amines) is 2. The third-order valence-electron chi connectivity index (χ3n) is 9.81. The predicted octanol–water partition coefficient (Wildman–Crippen LogP) is 7.60. The van der Waals surface area contributed by atoms with Gasteiger partial charge in [0.25, 0.3) is 0 Å². The molecule has 0 unspecified atom stereocenters. The van der Waals surface area contributed by atoms with Crippen LogP contribution < -0.4 is 5.32 Å². The second-order valence-electron chi connectivity index (χ2n) is 13.0. The Morgan fingerprint density at radius 1 is 1.09 bits per heavy atom. The number of allylic oxidation sites excluding steroid dienone is 1. The Hall–Kier alpha value is -3.46. The lowest BCUT2D eigenvalue weighted by atomic mass is 9.96. The fraction of sp³-hybridized carbons (Fsp3) is 0.514. The van der Waals surface area contributed by atoms with Gasteiger partial charge in [-0.3, -0.25) is 9.80 Å². The normalized spacial score (nSPS) is 18.3. The summed E-state index contributed by atoms with van der Waals surface area (Å²) in [5.74, 6) is 1.78. The summed E-state index contributed by atoms with van der Waals surface area (Å²) in [7, 11) is 0. The van der Waals surface area contributed by atoms with Gasteiger partial charge in [0.05, 0.1) is 11.8 Å². The van der Waals surface area contributed by atoms with Crippen LogP contribution in [-0.2, 0) is 19.5 Å². The lowest BCUT2D eigenvalue weighted by Crippen LogP contribution is -2.41. The summed E-state index contributed by atoms with van der Waals surface area (Å²) >= 11 is 1.09. The van der Waals surface area contributed by atoms with Crippen molar-refractivity contribution < 1.29 is 13.2 Å². The third kappa shape index (κ3) is 7.09. The zero-order chi connectivity index (χ0) is 32.6. The Morgan fingerprint density at radius 3 is 2.50 bits per heavy atom. The molecular weight excluding hydrogens is 607 g/mol. The first kappa shape index (κ1) is 32.5. The standard InChI is InChI=1S/C35H42F3N7S/c1-5-25-8-14-44(15-9-25)22(2)20-45-28(19-39)16-30-23(3)26(6-7-32(30)45)21-43-12-10-27(11-13-43)42-33-31-17-29(18-35(36,37)38)46-34(31)41-24(4)40-33/h5-7,16-17,22,25,27H,1,8-15,18,20-21H2,2-4H3,(H,40,41,42)/t22-/m0/s1. The minimum absolute atomic E-state index is 0.181. The first-order chi connectivity index (χ1) is 22.0. The van der Waals surface area contributed by atoms with Crippen molar-refractivity contribution in [2.45, 2.75) is 84.2 Å². The number of nitriles is 1. The maximum absolute atomic E-state index is 13.0. The molecule has 0 amide bonds. The number of nitrogens with one attached hydrogen (secondary N) is 1. The van der Waals surface area contributed by atoms with Crippen LogP contribution in [0.1, 0.15) is 60.1 Å². The van der Waals surface area contributed by atoms with Crippen molar-refractivity contribution >= 4 is 38.3 Å². The van der Waals surface area contributed by atoms with E-state index < -0.39 is 12.6 Å². The van der Waals surface area contributed by atoms with Gasteiger partial charge < -0.3 is 9.88 Å². The SMILES string of the molecule is C=CC1CCN([C@@H](C)Cn2c(C#N)cc3c(C)c(CN4CCC(Nc5nc(C)nc6sc(CC(F)(F)F)cc56)CC4)ccc32)CC1. The fourth-order valence-corrected chi connectivity index (χ4v) is 8.20. The molecule has 0 bridgehead atoms. The molecule has 0 spiro atoms. The molecule has 1 atom stereocenters. The molecule has 0 saturated carbocycles. The number of aryl methyl sites for hydroxylation is 2. The largest absolute Gasteiger partial charge is 0.393 e. The number of hydrogen-bond donors (Lipinski definition) is 1. The fourth-order valence-electron chi connectivity index (χ4n) is 7.10. The van der Waals surface area contributed by atoms with Crippen LogP contribution in [-0.4, -0.2) is 68.8 Å². The summed E-state index contributed by atoms with van der Waals surface area (Å²) in [4.78, 5) is 14.8. The van der Waals surface area contributed by atoms with E-state index in [0.717, 1.165) is 87.2 Å². The zero-order valence-corrected chi connectivity index (χ0v) is 27.6. The van der Waals surface area contributed by atoms with Gasteiger partial charge >= 0.3 is 6.18 Å². The lowest BCUT2D eigenvalue weighted by molar-refractivity contribution is -0.126. The van der Waals surface area contributed by atoms with Crippen molar-refractivity contribution in [3.8, 4) is 6.07 Å². The molecule has 244 valence electrons. The molecule has 2 fully saturated rings. The number of aromatic nitrogens is 3. The summed E-state index contributed by atoms with van der Waals surface area (Å²) in [6.07, 6.45) is 0.978. The molecule has 2 aliphatic heterocycles. The Labute approximate surface area is 272 Å². The maximum Gasteiger partial charge on any atom is 0.393 e.